The fourth-order valence-corrected chi connectivity index (χ4v) is 3.71. The first kappa shape index (κ1) is 22.7. The van der Waals surface area contributed by atoms with Gasteiger partial charge in [0.2, 0.25) is 5.91 Å². The molecule has 1 unspecified atom stereocenters. The minimum atomic E-state index is -1.08. The molecule has 8 heteroatoms. The van der Waals surface area contributed by atoms with Crippen LogP contribution in [0.1, 0.15) is 40.3 Å². The number of anilines is 1. The number of likely N-dealkylation sites (N-methyl/N-ethyl adjacent to an activating group) is 1. The molecule has 0 aliphatic rings. The van der Waals surface area contributed by atoms with Gasteiger partial charge in [0.15, 0.2) is 10.8 Å². The van der Waals surface area contributed by atoms with Crippen molar-refractivity contribution in [2.75, 3.05) is 12.4 Å². The molecule has 0 saturated heterocycles. The van der Waals surface area contributed by atoms with Gasteiger partial charge in [0, 0.05) is 24.4 Å². The van der Waals surface area contributed by atoms with Crippen molar-refractivity contribution < 1.29 is 14.4 Å². The highest BCUT2D eigenvalue weighted by Crippen LogP contribution is 2.27. The summed E-state index contributed by atoms with van der Waals surface area (Å²) in [4.78, 5) is 42.1. The summed E-state index contributed by atoms with van der Waals surface area (Å²) in [6, 6.07) is 13.2. The Kier molecular flexibility index (Phi) is 7.37. The number of hydrogen-bond donors (Lipinski definition) is 3. The number of amides is 3. The second kappa shape index (κ2) is 10.4. The van der Waals surface area contributed by atoms with Gasteiger partial charge in [-0.3, -0.25) is 14.9 Å². The third-order valence-electron chi connectivity index (χ3n) is 4.75. The number of ketones is 1. The maximum atomic E-state index is 12.8. The summed E-state index contributed by atoms with van der Waals surface area (Å²) in [5, 5.41) is 9.77. The summed E-state index contributed by atoms with van der Waals surface area (Å²) in [7, 11) is 1.47. The average Bonchev–Trinajstić information content (AvgIpc) is 3.29. The summed E-state index contributed by atoms with van der Waals surface area (Å²) < 4.78 is 0. The number of aromatic nitrogens is 1. The largest absolute Gasteiger partial charge is 0.357 e. The van der Waals surface area contributed by atoms with E-state index in [9.17, 15) is 14.4 Å². The van der Waals surface area contributed by atoms with Crippen molar-refractivity contribution in [1.82, 2.24) is 15.6 Å². The first-order valence-electron chi connectivity index (χ1n) is 9.90. The molecule has 0 radical (unpaired) electrons. The smallest absolute Gasteiger partial charge is 0.321 e. The molecular weight excluding hydrogens is 424 g/mol. The minimum Gasteiger partial charge on any atom is -0.357 e. The van der Waals surface area contributed by atoms with Crippen molar-refractivity contribution in [2.45, 2.75) is 19.4 Å². The standard InChI is InChI=1S/C24H22N4O3S/c1-4-19(29)18-13-16(15-9-7-6-8-10-15)11-12-17(18)22(23(30)25-3)28-24(31)27-20-14-32-21(5-2)26-20/h2,6-14,22H,4H2,1,3H3,(H,25,30)(H2,27,28,31). The van der Waals surface area contributed by atoms with Gasteiger partial charge in [-0.15, -0.1) is 17.8 Å². The Morgan fingerprint density at radius 3 is 2.50 bits per heavy atom. The van der Waals surface area contributed by atoms with Crippen molar-refractivity contribution in [2.24, 2.45) is 0 Å². The molecule has 1 aromatic heterocycles. The van der Waals surface area contributed by atoms with Gasteiger partial charge in [-0.2, -0.15) is 0 Å². The quantitative estimate of drug-likeness (QED) is 0.377. The van der Waals surface area contributed by atoms with Crippen LogP contribution in [0.2, 0.25) is 0 Å². The molecule has 7 nitrogen and oxygen atoms in total. The van der Waals surface area contributed by atoms with Gasteiger partial charge in [0.1, 0.15) is 11.9 Å². The molecule has 32 heavy (non-hydrogen) atoms. The molecule has 0 saturated carbocycles. The number of benzene rings is 2. The number of Topliss-reactive ketones (excluding diaryl/α,β-unsaturated/α-hetero) is 1. The Morgan fingerprint density at radius 1 is 1.12 bits per heavy atom. The fraction of sp³-hybridized carbons (Fsp3) is 0.167. The number of urea groups is 1. The van der Waals surface area contributed by atoms with Crippen LogP contribution in [0.3, 0.4) is 0 Å². The third-order valence-corrected chi connectivity index (χ3v) is 5.52. The van der Waals surface area contributed by atoms with Crippen molar-refractivity contribution in [3.05, 3.63) is 70.0 Å². The van der Waals surface area contributed by atoms with Gasteiger partial charge in [-0.05, 0) is 28.7 Å². The Morgan fingerprint density at radius 2 is 1.88 bits per heavy atom. The van der Waals surface area contributed by atoms with E-state index in [0.717, 1.165) is 11.1 Å². The van der Waals surface area contributed by atoms with Gasteiger partial charge in [-0.25, -0.2) is 9.78 Å². The molecule has 0 aliphatic heterocycles. The monoisotopic (exact) mass is 446 g/mol. The summed E-state index contributed by atoms with van der Waals surface area (Å²) in [6.07, 6.45) is 5.56. The molecule has 0 bridgehead atoms. The number of hydrogen-bond acceptors (Lipinski definition) is 5. The van der Waals surface area contributed by atoms with Crippen molar-refractivity contribution in [3.63, 3.8) is 0 Å². The van der Waals surface area contributed by atoms with Crippen molar-refractivity contribution in [3.8, 4) is 23.5 Å². The van der Waals surface area contributed by atoms with Crippen LogP contribution in [0.25, 0.3) is 11.1 Å². The zero-order valence-electron chi connectivity index (χ0n) is 17.6. The van der Waals surface area contributed by atoms with E-state index in [1.807, 2.05) is 36.4 Å². The summed E-state index contributed by atoms with van der Waals surface area (Å²) in [6.45, 7) is 1.75. The summed E-state index contributed by atoms with van der Waals surface area (Å²) in [5.41, 5.74) is 2.58. The number of carbonyl (C=O) groups is 3. The number of thiazole rings is 1. The lowest BCUT2D eigenvalue weighted by atomic mass is 9.92. The highest BCUT2D eigenvalue weighted by atomic mass is 32.1. The topological polar surface area (TPSA) is 100 Å². The summed E-state index contributed by atoms with van der Waals surface area (Å²) in [5.74, 6) is 2.08. The van der Waals surface area contributed by atoms with Gasteiger partial charge >= 0.3 is 6.03 Å². The number of rotatable bonds is 7. The van der Waals surface area contributed by atoms with Gasteiger partial charge in [0.05, 0.1) is 0 Å². The van der Waals surface area contributed by atoms with E-state index >= 15 is 0 Å². The molecule has 0 aliphatic carbocycles. The Bertz CT molecular complexity index is 1180. The maximum Gasteiger partial charge on any atom is 0.321 e. The average molecular weight is 447 g/mol. The van der Waals surface area contributed by atoms with E-state index in [1.54, 1.807) is 24.4 Å². The van der Waals surface area contributed by atoms with Crippen LogP contribution >= 0.6 is 11.3 Å². The molecule has 3 rings (SSSR count). The van der Waals surface area contributed by atoms with Crippen LogP contribution in [0.5, 0.6) is 0 Å². The van der Waals surface area contributed by atoms with Crippen molar-refractivity contribution in [1.29, 1.82) is 0 Å². The molecule has 0 spiro atoms. The zero-order valence-corrected chi connectivity index (χ0v) is 18.5. The maximum absolute atomic E-state index is 12.8. The van der Waals surface area contributed by atoms with Gasteiger partial charge < -0.3 is 10.6 Å². The molecule has 2 aromatic carbocycles. The molecule has 3 aromatic rings. The van der Waals surface area contributed by atoms with E-state index in [-0.39, 0.29) is 18.0 Å². The lowest BCUT2D eigenvalue weighted by molar-refractivity contribution is -0.122. The number of carbonyl (C=O) groups excluding carboxylic acids is 3. The number of nitrogens with zero attached hydrogens (tertiary/aromatic N) is 1. The van der Waals surface area contributed by atoms with Crippen LogP contribution < -0.4 is 16.0 Å². The minimum absolute atomic E-state index is 0.132. The first-order chi connectivity index (χ1) is 15.5. The molecule has 1 heterocycles. The Hall–Kier alpha value is -3.96. The van der Waals surface area contributed by atoms with E-state index in [2.05, 4.69) is 26.9 Å². The molecule has 162 valence electrons. The zero-order chi connectivity index (χ0) is 23.1. The van der Waals surface area contributed by atoms with E-state index < -0.39 is 18.0 Å². The van der Waals surface area contributed by atoms with E-state index in [0.29, 0.717) is 16.1 Å². The normalized spacial score (nSPS) is 11.2. The molecule has 3 N–H and O–H groups in total. The second-order valence-corrected chi connectivity index (χ2v) is 7.63. The Labute approximate surface area is 190 Å². The van der Waals surface area contributed by atoms with Gasteiger partial charge in [0.25, 0.3) is 0 Å². The highest BCUT2D eigenvalue weighted by molar-refractivity contribution is 7.10. The van der Waals surface area contributed by atoms with Crippen molar-refractivity contribution >= 4 is 34.9 Å². The molecule has 3 amide bonds. The summed E-state index contributed by atoms with van der Waals surface area (Å²) >= 11 is 1.21. The SMILES string of the molecule is C#Cc1nc(NC(=O)NC(C(=O)NC)c2ccc(-c3ccccc3)cc2C(=O)CC)cs1. The Balaban J connectivity index is 1.95. The van der Waals surface area contributed by atoms with Crippen LogP contribution in [0, 0.1) is 12.3 Å². The first-order valence-corrected chi connectivity index (χ1v) is 10.8. The van der Waals surface area contributed by atoms with E-state index in [1.165, 1.54) is 18.4 Å². The lowest BCUT2D eigenvalue weighted by Gasteiger charge is -2.21. The molecule has 0 fully saturated rings. The number of terminal acetylenes is 1. The molecular formula is C24H22N4O3S. The number of nitrogens with one attached hydrogen (secondary N) is 3. The van der Waals surface area contributed by atoms with Gasteiger partial charge in [-0.1, -0.05) is 49.4 Å². The van der Waals surface area contributed by atoms with Crippen LogP contribution in [-0.4, -0.2) is 29.8 Å². The molecule has 1 atom stereocenters. The van der Waals surface area contributed by atoms with Crippen LogP contribution in [-0.2, 0) is 4.79 Å². The predicted octanol–water partition coefficient (Wildman–Crippen LogP) is 3.99. The predicted molar refractivity (Wildman–Crippen MR) is 126 cm³/mol. The van der Waals surface area contributed by atoms with Crippen LogP contribution in [0.15, 0.2) is 53.9 Å². The van der Waals surface area contributed by atoms with Crippen LogP contribution in [0.4, 0.5) is 10.6 Å². The second-order valence-electron chi connectivity index (χ2n) is 6.77. The lowest BCUT2D eigenvalue weighted by Crippen LogP contribution is -2.41. The van der Waals surface area contributed by atoms with E-state index in [4.69, 9.17) is 6.42 Å². The third kappa shape index (κ3) is 5.20. The highest BCUT2D eigenvalue weighted by Gasteiger charge is 2.27. The fourth-order valence-electron chi connectivity index (χ4n) is 3.16.